The topological polar surface area (TPSA) is 12.5 Å². The minimum absolute atomic E-state index is 0.0835. The Morgan fingerprint density at radius 1 is 0.617 bits per heavy atom. The van der Waals surface area contributed by atoms with Crippen molar-refractivity contribution >= 4 is 55.0 Å². The van der Waals surface area contributed by atoms with Gasteiger partial charge in [-0.1, -0.05) is 129 Å². The molecule has 3 aliphatic rings. The van der Waals surface area contributed by atoms with E-state index >= 15 is 0 Å². The van der Waals surface area contributed by atoms with Crippen LogP contribution >= 0.6 is 0 Å². The summed E-state index contributed by atoms with van der Waals surface area (Å²) in [4.78, 5) is 2.52. The van der Waals surface area contributed by atoms with Crippen LogP contribution in [0.15, 0.2) is 146 Å². The van der Waals surface area contributed by atoms with Gasteiger partial charge in [0, 0.05) is 39.6 Å². The standard InChI is InChI=1S/C45H33NO/c1-45(2)38-18-9-7-17-35(38)44-39(45)19-11-20-40(44)46(29-23-25-43-37(26-29)34-16-8-10-21-42(34)47-43)41-27-36-30-13-4-3-12-28(30)22-24-32(36)31-14-5-6-15-33(31)41/h3-20,22-27,42H,21H2,1-2H3. The molecule has 0 saturated heterocycles. The summed E-state index contributed by atoms with van der Waals surface area (Å²) in [6.45, 7) is 4.72. The van der Waals surface area contributed by atoms with Gasteiger partial charge in [-0.15, -0.1) is 0 Å². The fourth-order valence-corrected chi connectivity index (χ4v) is 8.48. The molecule has 0 saturated carbocycles. The first-order chi connectivity index (χ1) is 23.1. The highest BCUT2D eigenvalue weighted by molar-refractivity contribution is 6.21. The minimum Gasteiger partial charge on any atom is -0.485 e. The van der Waals surface area contributed by atoms with Crippen LogP contribution < -0.4 is 9.64 Å². The average molecular weight is 604 g/mol. The van der Waals surface area contributed by atoms with E-state index in [4.69, 9.17) is 4.74 Å². The fourth-order valence-electron chi connectivity index (χ4n) is 8.48. The Bertz CT molecular complexity index is 2520. The van der Waals surface area contributed by atoms with Crippen molar-refractivity contribution in [3.8, 4) is 16.9 Å². The van der Waals surface area contributed by atoms with Crippen molar-refractivity contribution in [3.63, 3.8) is 0 Å². The Hall–Kier alpha value is -5.60. The van der Waals surface area contributed by atoms with E-state index in [9.17, 15) is 0 Å². The lowest BCUT2D eigenvalue weighted by Gasteiger charge is -2.30. The summed E-state index contributed by atoms with van der Waals surface area (Å²) >= 11 is 0. The molecule has 0 bridgehead atoms. The third kappa shape index (κ3) is 3.73. The molecule has 0 aromatic heterocycles. The van der Waals surface area contributed by atoms with Crippen LogP contribution in [0.1, 0.15) is 37.0 Å². The molecule has 0 radical (unpaired) electrons. The maximum absolute atomic E-state index is 6.44. The molecule has 2 heteroatoms. The smallest absolute Gasteiger partial charge is 0.128 e. The Morgan fingerprint density at radius 2 is 1.38 bits per heavy atom. The van der Waals surface area contributed by atoms with E-state index in [1.165, 1.54) is 77.1 Å². The lowest BCUT2D eigenvalue weighted by Crippen LogP contribution is -2.16. The summed E-state index contributed by atoms with van der Waals surface area (Å²) in [5.74, 6) is 0.966. The summed E-state index contributed by atoms with van der Waals surface area (Å²) in [6, 6.07) is 47.3. The van der Waals surface area contributed by atoms with E-state index in [-0.39, 0.29) is 11.5 Å². The third-order valence-corrected chi connectivity index (χ3v) is 10.7. The second kappa shape index (κ2) is 9.70. The molecule has 0 amide bonds. The van der Waals surface area contributed by atoms with Crippen LogP contribution in [0, 0.1) is 0 Å². The molecular formula is C45H33NO. The van der Waals surface area contributed by atoms with Gasteiger partial charge in [0.25, 0.3) is 0 Å². The Balaban J connectivity index is 1.33. The number of hydrogen-bond acceptors (Lipinski definition) is 2. The van der Waals surface area contributed by atoms with Gasteiger partial charge in [0.2, 0.25) is 0 Å². The van der Waals surface area contributed by atoms with Gasteiger partial charge >= 0.3 is 0 Å². The highest BCUT2D eigenvalue weighted by Gasteiger charge is 2.38. The van der Waals surface area contributed by atoms with Crippen LogP contribution in [0.2, 0.25) is 0 Å². The first-order valence-electron chi connectivity index (χ1n) is 16.6. The Kier molecular flexibility index (Phi) is 5.49. The van der Waals surface area contributed by atoms with Gasteiger partial charge in [0.05, 0.1) is 11.4 Å². The summed E-state index contributed by atoms with van der Waals surface area (Å²) in [5.41, 5.74) is 11.2. The van der Waals surface area contributed by atoms with Gasteiger partial charge in [-0.2, -0.15) is 0 Å². The molecule has 7 aromatic rings. The third-order valence-electron chi connectivity index (χ3n) is 10.7. The molecule has 224 valence electrons. The van der Waals surface area contributed by atoms with Gasteiger partial charge in [-0.05, 0) is 74.0 Å². The predicted molar refractivity (Wildman–Crippen MR) is 197 cm³/mol. The van der Waals surface area contributed by atoms with Gasteiger partial charge in [-0.25, -0.2) is 0 Å². The SMILES string of the molecule is CC1(C)c2ccccc2-c2c(N(c3ccc4c(c3)C3=CC=CCC3O4)c3cc4c5ccccc5ccc4c4ccccc34)cccc21. The highest BCUT2D eigenvalue weighted by atomic mass is 16.5. The van der Waals surface area contributed by atoms with E-state index < -0.39 is 0 Å². The predicted octanol–water partition coefficient (Wildman–Crippen LogP) is 12.0. The molecule has 0 spiro atoms. The van der Waals surface area contributed by atoms with Crippen LogP contribution in [0.4, 0.5) is 17.1 Å². The first kappa shape index (κ1) is 26.6. The Labute approximate surface area is 274 Å². The van der Waals surface area contributed by atoms with Crippen molar-refractivity contribution in [2.75, 3.05) is 4.90 Å². The fraction of sp³-hybridized carbons (Fsp3) is 0.111. The molecule has 2 aliphatic carbocycles. The Morgan fingerprint density at radius 3 is 2.30 bits per heavy atom. The van der Waals surface area contributed by atoms with Crippen molar-refractivity contribution in [2.45, 2.75) is 31.8 Å². The minimum atomic E-state index is -0.104. The zero-order valence-electron chi connectivity index (χ0n) is 26.5. The van der Waals surface area contributed by atoms with E-state index in [2.05, 4.69) is 164 Å². The normalized spacial score (nSPS) is 16.8. The number of nitrogens with zero attached hydrogens (tertiary/aromatic N) is 1. The summed E-state index contributed by atoms with van der Waals surface area (Å²) in [7, 11) is 0. The number of ether oxygens (including phenoxy) is 1. The highest BCUT2D eigenvalue weighted by Crippen LogP contribution is 2.55. The van der Waals surface area contributed by atoms with Crippen LogP contribution in [-0.4, -0.2) is 6.10 Å². The molecule has 10 rings (SSSR count). The number of anilines is 3. The van der Waals surface area contributed by atoms with Gasteiger partial charge in [-0.3, -0.25) is 0 Å². The van der Waals surface area contributed by atoms with Gasteiger partial charge in [0.1, 0.15) is 11.9 Å². The molecule has 1 unspecified atom stereocenters. The average Bonchev–Trinajstić information content (AvgIpc) is 3.60. The first-order valence-corrected chi connectivity index (χ1v) is 16.6. The molecule has 1 aliphatic heterocycles. The van der Waals surface area contributed by atoms with Gasteiger partial charge < -0.3 is 9.64 Å². The number of allylic oxidation sites excluding steroid dienone is 2. The van der Waals surface area contributed by atoms with E-state index in [1.54, 1.807) is 0 Å². The molecule has 7 aromatic carbocycles. The lowest BCUT2D eigenvalue weighted by atomic mass is 9.82. The lowest BCUT2D eigenvalue weighted by molar-refractivity contribution is 0.279. The molecule has 0 fully saturated rings. The van der Waals surface area contributed by atoms with Crippen molar-refractivity contribution < 1.29 is 4.74 Å². The number of benzene rings is 7. The molecule has 47 heavy (non-hydrogen) atoms. The molecule has 0 N–H and O–H groups in total. The quantitative estimate of drug-likeness (QED) is 0.186. The van der Waals surface area contributed by atoms with E-state index in [1.807, 2.05) is 0 Å². The monoisotopic (exact) mass is 603 g/mol. The summed E-state index contributed by atoms with van der Waals surface area (Å²) in [6.07, 6.45) is 7.58. The van der Waals surface area contributed by atoms with E-state index in [0.29, 0.717) is 0 Å². The second-order valence-corrected chi connectivity index (χ2v) is 13.6. The van der Waals surface area contributed by atoms with Crippen molar-refractivity contribution in [3.05, 3.63) is 162 Å². The molecular weight excluding hydrogens is 571 g/mol. The van der Waals surface area contributed by atoms with Crippen molar-refractivity contribution in [2.24, 2.45) is 0 Å². The largest absolute Gasteiger partial charge is 0.485 e. The number of fused-ring (bicyclic) bond motifs is 11. The molecule has 1 heterocycles. The zero-order valence-corrected chi connectivity index (χ0v) is 26.5. The van der Waals surface area contributed by atoms with Crippen molar-refractivity contribution in [1.82, 2.24) is 0 Å². The maximum atomic E-state index is 6.44. The molecule has 2 nitrogen and oxygen atoms in total. The summed E-state index contributed by atoms with van der Waals surface area (Å²) in [5, 5.41) is 7.55. The van der Waals surface area contributed by atoms with E-state index in [0.717, 1.165) is 17.9 Å². The maximum Gasteiger partial charge on any atom is 0.128 e. The van der Waals surface area contributed by atoms with Crippen LogP contribution in [0.5, 0.6) is 5.75 Å². The van der Waals surface area contributed by atoms with Gasteiger partial charge in [0.15, 0.2) is 0 Å². The molecule has 1 atom stereocenters. The second-order valence-electron chi connectivity index (χ2n) is 13.6. The number of hydrogen-bond donors (Lipinski definition) is 0. The van der Waals surface area contributed by atoms with Crippen molar-refractivity contribution in [1.29, 1.82) is 0 Å². The van der Waals surface area contributed by atoms with Crippen LogP contribution in [0.25, 0.3) is 49.0 Å². The van der Waals surface area contributed by atoms with Crippen LogP contribution in [0.3, 0.4) is 0 Å². The van der Waals surface area contributed by atoms with Crippen LogP contribution in [-0.2, 0) is 5.41 Å². The summed E-state index contributed by atoms with van der Waals surface area (Å²) < 4.78 is 6.44. The zero-order chi connectivity index (χ0) is 31.3. The number of rotatable bonds is 3.